The van der Waals surface area contributed by atoms with Gasteiger partial charge in [0.1, 0.15) is 5.41 Å². The van der Waals surface area contributed by atoms with E-state index in [1.54, 1.807) is 6.07 Å². The normalized spacial score (nSPS) is 15.9. The predicted molar refractivity (Wildman–Crippen MR) is 68.7 cm³/mol. The molecule has 18 heavy (non-hydrogen) atoms. The van der Waals surface area contributed by atoms with Crippen LogP contribution in [0, 0.1) is 5.41 Å². The molecule has 1 amide bonds. The van der Waals surface area contributed by atoms with E-state index in [1.165, 1.54) is 0 Å². The summed E-state index contributed by atoms with van der Waals surface area (Å²) in [4.78, 5) is 24.9. The lowest BCUT2D eigenvalue weighted by atomic mass is 10.1. The first-order valence-electron chi connectivity index (χ1n) is 5.78. The molecule has 0 heterocycles. The van der Waals surface area contributed by atoms with E-state index in [-0.39, 0.29) is 0 Å². The number of nitrogens with zero attached hydrogens (tertiary/aromatic N) is 1. The number of para-hydroxylation sites is 2. The lowest BCUT2D eigenvalue weighted by molar-refractivity contribution is -0.147. The van der Waals surface area contributed by atoms with E-state index in [1.807, 2.05) is 37.2 Å². The highest BCUT2D eigenvalue weighted by atomic mass is 16.4. The number of carbonyl (C=O) groups excluding carboxylic acids is 1. The number of amides is 1. The monoisotopic (exact) mass is 248 g/mol. The molecular formula is C13H16N2O3. The number of rotatable bonds is 4. The Labute approximate surface area is 105 Å². The van der Waals surface area contributed by atoms with Crippen molar-refractivity contribution in [3.63, 3.8) is 0 Å². The Kier molecular flexibility index (Phi) is 2.98. The molecule has 5 heteroatoms. The lowest BCUT2D eigenvalue weighted by Crippen LogP contribution is -2.31. The van der Waals surface area contributed by atoms with Crippen LogP contribution >= 0.6 is 0 Å². The predicted octanol–water partition coefficient (Wildman–Crippen LogP) is 1.56. The van der Waals surface area contributed by atoms with Gasteiger partial charge in [-0.2, -0.15) is 0 Å². The zero-order chi connectivity index (χ0) is 13.3. The van der Waals surface area contributed by atoms with Crippen LogP contribution in [-0.4, -0.2) is 31.1 Å². The zero-order valence-electron chi connectivity index (χ0n) is 10.4. The summed E-state index contributed by atoms with van der Waals surface area (Å²) in [7, 11) is 3.74. The van der Waals surface area contributed by atoms with Crippen LogP contribution in [-0.2, 0) is 9.59 Å². The van der Waals surface area contributed by atoms with Gasteiger partial charge in [0.15, 0.2) is 0 Å². The Hall–Kier alpha value is -2.04. The molecule has 0 spiro atoms. The second kappa shape index (κ2) is 4.33. The van der Waals surface area contributed by atoms with Crippen LogP contribution in [0.1, 0.15) is 12.8 Å². The van der Waals surface area contributed by atoms with Crippen molar-refractivity contribution in [2.24, 2.45) is 5.41 Å². The van der Waals surface area contributed by atoms with Crippen LogP contribution in [0.5, 0.6) is 0 Å². The van der Waals surface area contributed by atoms with Gasteiger partial charge in [-0.3, -0.25) is 9.59 Å². The van der Waals surface area contributed by atoms with Crippen molar-refractivity contribution in [1.29, 1.82) is 0 Å². The highest BCUT2D eigenvalue weighted by molar-refractivity contribution is 6.11. The van der Waals surface area contributed by atoms with Gasteiger partial charge in [0, 0.05) is 14.1 Å². The van der Waals surface area contributed by atoms with Gasteiger partial charge in [-0.05, 0) is 25.0 Å². The number of carbonyl (C=O) groups is 2. The number of hydrogen-bond donors (Lipinski definition) is 2. The van der Waals surface area contributed by atoms with Crippen molar-refractivity contribution < 1.29 is 14.7 Å². The van der Waals surface area contributed by atoms with Gasteiger partial charge in [0.05, 0.1) is 11.4 Å². The SMILES string of the molecule is CN(C)c1ccccc1NC(=O)C1(C(=O)O)CC1. The number of hydrogen-bond acceptors (Lipinski definition) is 3. The van der Waals surface area contributed by atoms with Crippen molar-refractivity contribution in [3.05, 3.63) is 24.3 Å². The van der Waals surface area contributed by atoms with Gasteiger partial charge in [0.25, 0.3) is 0 Å². The van der Waals surface area contributed by atoms with E-state index in [4.69, 9.17) is 5.11 Å². The molecule has 0 saturated heterocycles. The minimum atomic E-state index is -1.21. The highest BCUT2D eigenvalue weighted by Gasteiger charge is 2.57. The fraction of sp³-hybridized carbons (Fsp3) is 0.385. The van der Waals surface area contributed by atoms with E-state index >= 15 is 0 Å². The Morgan fingerprint density at radius 2 is 1.89 bits per heavy atom. The summed E-state index contributed by atoms with van der Waals surface area (Å²) in [5.74, 6) is -1.47. The van der Waals surface area contributed by atoms with Crippen LogP contribution in [0.2, 0.25) is 0 Å². The summed E-state index contributed by atoms with van der Waals surface area (Å²) in [6.07, 6.45) is 0.830. The van der Waals surface area contributed by atoms with Gasteiger partial charge >= 0.3 is 5.97 Å². The van der Waals surface area contributed by atoms with Gasteiger partial charge in [-0.15, -0.1) is 0 Å². The molecule has 0 unspecified atom stereocenters. The molecule has 1 aliphatic carbocycles. The number of carboxylic acids is 1. The van der Waals surface area contributed by atoms with Crippen LogP contribution in [0.3, 0.4) is 0 Å². The molecule has 0 aromatic heterocycles. The van der Waals surface area contributed by atoms with Crippen LogP contribution in [0.4, 0.5) is 11.4 Å². The Morgan fingerprint density at radius 1 is 1.28 bits per heavy atom. The molecule has 0 radical (unpaired) electrons. The standard InChI is InChI=1S/C13H16N2O3/c1-15(2)10-6-4-3-5-9(10)14-11(16)13(7-8-13)12(17)18/h3-6H,7-8H2,1-2H3,(H,14,16)(H,17,18). The number of benzene rings is 1. The molecule has 1 fully saturated rings. The molecule has 0 bridgehead atoms. The smallest absolute Gasteiger partial charge is 0.319 e. The molecule has 1 aromatic carbocycles. The average Bonchev–Trinajstić information content (AvgIpc) is 3.10. The second-order valence-corrected chi connectivity index (χ2v) is 4.75. The summed E-state index contributed by atoms with van der Waals surface area (Å²) in [6.45, 7) is 0. The van der Waals surface area contributed by atoms with E-state index in [0.717, 1.165) is 5.69 Å². The molecule has 1 saturated carbocycles. The third kappa shape index (κ3) is 2.03. The fourth-order valence-electron chi connectivity index (χ4n) is 1.87. The molecule has 96 valence electrons. The van der Waals surface area contributed by atoms with Gasteiger partial charge in [0.2, 0.25) is 5.91 Å². The van der Waals surface area contributed by atoms with Gasteiger partial charge in [-0.1, -0.05) is 12.1 Å². The van der Waals surface area contributed by atoms with Crippen molar-refractivity contribution in [2.75, 3.05) is 24.3 Å². The number of anilines is 2. The summed E-state index contributed by atoms with van der Waals surface area (Å²) < 4.78 is 0. The Bertz CT molecular complexity index is 493. The average molecular weight is 248 g/mol. The van der Waals surface area contributed by atoms with E-state index in [2.05, 4.69) is 5.32 Å². The summed E-state index contributed by atoms with van der Waals surface area (Å²) in [5.41, 5.74) is 0.284. The van der Waals surface area contributed by atoms with Gasteiger partial charge < -0.3 is 15.3 Å². The first-order valence-corrected chi connectivity index (χ1v) is 5.78. The molecule has 1 aromatic rings. The molecular weight excluding hydrogens is 232 g/mol. The summed E-state index contributed by atoms with van der Waals surface area (Å²) >= 11 is 0. The first-order chi connectivity index (χ1) is 8.47. The maximum Gasteiger partial charge on any atom is 0.319 e. The van der Waals surface area contributed by atoms with Crippen LogP contribution in [0.15, 0.2) is 24.3 Å². The highest BCUT2D eigenvalue weighted by Crippen LogP contribution is 2.47. The Morgan fingerprint density at radius 3 is 2.39 bits per heavy atom. The second-order valence-electron chi connectivity index (χ2n) is 4.75. The van der Waals surface area contributed by atoms with Crippen molar-refractivity contribution in [3.8, 4) is 0 Å². The maximum absolute atomic E-state index is 12.0. The fourth-order valence-corrected chi connectivity index (χ4v) is 1.87. The van der Waals surface area contributed by atoms with Crippen molar-refractivity contribution in [2.45, 2.75) is 12.8 Å². The molecule has 5 nitrogen and oxygen atoms in total. The summed E-state index contributed by atoms with van der Waals surface area (Å²) in [6, 6.07) is 7.32. The topological polar surface area (TPSA) is 69.6 Å². The van der Waals surface area contributed by atoms with Crippen LogP contribution in [0.25, 0.3) is 0 Å². The largest absolute Gasteiger partial charge is 0.480 e. The minimum absolute atomic E-state index is 0.415. The minimum Gasteiger partial charge on any atom is -0.480 e. The van der Waals surface area contributed by atoms with E-state index in [0.29, 0.717) is 18.5 Å². The van der Waals surface area contributed by atoms with Crippen molar-refractivity contribution in [1.82, 2.24) is 0 Å². The molecule has 2 rings (SSSR count). The molecule has 2 N–H and O–H groups in total. The third-order valence-electron chi connectivity index (χ3n) is 3.23. The maximum atomic E-state index is 12.0. The van der Waals surface area contributed by atoms with Crippen molar-refractivity contribution >= 4 is 23.3 Å². The van der Waals surface area contributed by atoms with Crippen LogP contribution < -0.4 is 10.2 Å². The number of carboxylic acid groups (broad SMARTS) is 1. The third-order valence-corrected chi connectivity index (χ3v) is 3.23. The molecule has 1 aliphatic rings. The molecule has 0 atom stereocenters. The first kappa shape index (κ1) is 12.4. The Balaban J connectivity index is 2.20. The number of nitrogens with one attached hydrogen (secondary N) is 1. The molecule has 0 aliphatic heterocycles. The van der Waals surface area contributed by atoms with Gasteiger partial charge in [-0.25, -0.2) is 0 Å². The zero-order valence-corrected chi connectivity index (χ0v) is 10.4. The van der Waals surface area contributed by atoms with E-state index < -0.39 is 17.3 Å². The number of aliphatic carboxylic acids is 1. The lowest BCUT2D eigenvalue weighted by Gasteiger charge is -2.19. The summed E-state index contributed by atoms with van der Waals surface area (Å²) in [5, 5.41) is 11.8. The quantitative estimate of drug-likeness (QED) is 0.793. The van der Waals surface area contributed by atoms with E-state index in [9.17, 15) is 9.59 Å².